The third kappa shape index (κ3) is 1.60. The highest BCUT2D eigenvalue weighted by atomic mass is 16.4. The van der Waals surface area contributed by atoms with Crippen molar-refractivity contribution in [2.24, 2.45) is 5.92 Å². The van der Waals surface area contributed by atoms with Crippen molar-refractivity contribution in [1.29, 1.82) is 0 Å². The van der Waals surface area contributed by atoms with Crippen molar-refractivity contribution in [3.63, 3.8) is 0 Å². The Bertz CT molecular complexity index is 342. The predicted octanol–water partition coefficient (Wildman–Crippen LogP) is -0.485. The lowest BCUT2D eigenvalue weighted by molar-refractivity contribution is -0.150. The Morgan fingerprint density at radius 1 is 1.36 bits per heavy atom. The molecule has 4 N–H and O–H groups in total. The standard InChI is InChI=1S/C8H8O6/c9-5-3-8(14,7(12)13)2-1-4(5)6(10)11/h1-4,9,14H,(H,10,11)(H,12,13). The number of aliphatic hydroxyl groups excluding tert-OH is 1. The molecule has 0 radical (unpaired) electrons. The zero-order valence-electron chi connectivity index (χ0n) is 6.91. The summed E-state index contributed by atoms with van der Waals surface area (Å²) in [5.74, 6) is -4.88. The van der Waals surface area contributed by atoms with Crippen molar-refractivity contribution < 1.29 is 30.0 Å². The third-order valence-corrected chi connectivity index (χ3v) is 1.84. The molecule has 76 valence electrons. The van der Waals surface area contributed by atoms with Crippen molar-refractivity contribution >= 4 is 11.9 Å². The first-order valence-electron chi connectivity index (χ1n) is 3.66. The molecule has 6 nitrogen and oxygen atoms in total. The van der Waals surface area contributed by atoms with E-state index < -0.39 is 29.2 Å². The van der Waals surface area contributed by atoms with Gasteiger partial charge >= 0.3 is 11.9 Å². The van der Waals surface area contributed by atoms with Gasteiger partial charge in [0.1, 0.15) is 11.7 Å². The molecule has 6 heteroatoms. The molecule has 0 aromatic rings. The first-order chi connectivity index (χ1) is 6.37. The number of aliphatic carboxylic acids is 2. The molecule has 0 saturated carbocycles. The maximum atomic E-state index is 10.5. The third-order valence-electron chi connectivity index (χ3n) is 1.84. The van der Waals surface area contributed by atoms with E-state index in [1.165, 1.54) is 0 Å². The van der Waals surface area contributed by atoms with Gasteiger partial charge in [0.25, 0.3) is 0 Å². The molecule has 1 aliphatic carbocycles. The topological polar surface area (TPSA) is 115 Å². The maximum Gasteiger partial charge on any atom is 0.344 e. The molecule has 1 aliphatic rings. The van der Waals surface area contributed by atoms with Crippen LogP contribution in [0, 0.1) is 5.92 Å². The average molecular weight is 200 g/mol. The number of carboxylic acid groups (broad SMARTS) is 2. The van der Waals surface area contributed by atoms with Crippen molar-refractivity contribution in [3.8, 4) is 0 Å². The van der Waals surface area contributed by atoms with Gasteiger partial charge in [-0.2, -0.15) is 0 Å². The minimum atomic E-state index is -2.32. The van der Waals surface area contributed by atoms with Gasteiger partial charge in [0.05, 0.1) is 0 Å². The van der Waals surface area contributed by atoms with Crippen LogP contribution in [0.15, 0.2) is 24.0 Å². The molecule has 1 rings (SSSR count). The summed E-state index contributed by atoms with van der Waals surface area (Å²) in [4.78, 5) is 21.0. The summed E-state index contributed by atoms with van der Waals surface area (Å²) in [5, 5.41) is 35.5. The Hall–Kier alpha value is -1.82. The molecule has 0 aromatic carbocycles. The molecule has 0 fully saturated rings. The summed E-state index contributed by atoms with van der Waals surface area (Å²) < 4.78 is 0. The lowest BCUT2D eigenvalue weighted by Crippen LogP contribution is -2.37. The van der Waals surface area contributed by atoms with Crippen LogP contribution < -0.4 is 0 Å². The lowest BCUT2D eigenvalue weighted by atomic mass is 9.91. The Labute approximate surface area is 78.4 Å². The highest BCUT2D eigenvalue weighted by Gasteiger charge is 2.37. The Kier molecular flexibility index (Phi) is 2.31. The number of aliphatic hydroxyl groups is 2. The maximum absolute atomic E-state index is 10.5. The second kappa shape index (κ2) is 3.15. The van der Waals surface area contributed by atoms with Crippen LogP contribution in [0.5, 0.6) is 0 Å². The first-order valence-corrected chi connectivity index (χ1v) is 3.66. The van der Waals surface area contributed by atoms with E-state index in [0.29, 0.717) is 6.08 Å². The predicted molar refractivity (Wildman–Crippen MR) is 43.6 cm³/mol. The van der Waals surface area contributed by atoms with Crippen LogP contribution in [0.3, 0.4) is 0 Å². The van der Waals surface area contributed by atoms with Gasteiger partial charge in [-0.3, -0.25) is 4.79 Å². The second-order valence-electron chi connectivity index (χ2n) is 2.87. The highest BCUT2D eigenvalue weighted by molar-refractivity contribution is 5.85. The molecule has 0 aromatic heterocycles. The van der Waals surface area contributed by atoms with Crippen molar-refractivity contribution in [1.82, 2.24) is 0 Å². The molecule has 0 aliphatic heterocycles. The minimum Gasteiger partial charge on any atom is -0.511 e. The molecule has 14 heavy (non-hydrogen) atoms. The summed E-state index contributed by atoms with van der Waals surface area (Å²) in [6.07, 6.45) is 2.33. The van der Waals surface area contributed by atoms with E-state index in [1.807, 2.05) is 0 Å². The van der Waals surface area contributed by atoms with Crippen LogP contribution >= 0.6 is 0 Å². The van der Waals surface area contributed by atoms with E-state index in [9.17, 15) is 14.7 Å². The number of hydrogen-bond donors (Lipinski definition) is 4. The molecule has 0 saturated heterocycles. The van der Waals surface area contributed by atoms with Crippen LogP contribution in [-0.2, 0) is 9.59 Å². The molecule has 0 heterocycles. The highest BCUT2D eigenvalue weighted by Crippen LogP contribution is 2.23. The number of carbonyl (C=O) groups is 2. The van der Waals surface area contributed by atoms with E-state index in [2.05, 4.69) is 0 Å². The summed E-state index contributed by atoms with van der Waals surface area (Å²) >= 11 is 0. The molecular weight excluding hydrogens is 192 g/mol. The quantitative estimate of drug-likeness (QED) is 0.447. The lowest BCUT2D eigenvalue weighted by Gasteiger charge is -2.21. The summed E-state index contributed by atoms with van der Waals surface area (Å²) in [7, 11) is 0. The van der Waals surface area contributed by atoms with Gasteiger partial charge in [-0.25, -0.2) is 4.79 Å². The summed E-state index contributed by atoms with van der Waals surface area (Å²) in [6, 6.07) is 0. The largest absolute Gasteiger partial charge is 0.511 e. The number of hydrogen-bond acceptors (Lipinski definition) is 4. The normalized spacial score (nSPS) is 30.9. The van der Waals surface area contributed by atoms with Crippen molar-refractivity contribution in [3.05, 3.63) is 24.0 Å². The van der Waals surface area contributed by atoms with E-state index in [-0.39, 0.29) is 0 Å². The van der Waals surface area contributed by atoms with Crippen LogP contribution in [-0.4, -0.2) is 38.0 Å². The van der Waals surface area contributed by atoms with Gasteiger partial charge in [-0.05, 0) is 6.08 Å². The van der Waals surface area contributed by atoms with Crippen LogP contribution in [0.25, 0.3) is 0 Å². The Morgan fingerprint density at radius 2 is 1.93 bits per heavy atom. The van der Waals surface area contributed by atoms with E-state index in [4.69, 9.17) is 15.3 Å². The Balaban J connectivity index is 3.02. The Morgan fingerprint density at radius 3 is 2.29 bits per heavy atom. The summed E-state index contributed by atoms with van der Waals surface area (Å²) in [6.45, 7) is 0. The fraction of sp³-hybridized carbons (Fsp3) is 0.250. The fourth-order valence-electron chi connectivity index (χ4n) is 1.05. The molecular formula is C8H8O6. The van der Waals surface area contributed by atoms with Gasteiger partial charge in [-0.15, -0.1) is 0 Å². The SMILES string of the molecule is O=C(O)C1C=CC(O)(C(=O)O)C=C1O. The zero-order valence-corrected chi connectivity index (χ0v) is 6.91. The van der Waals surface area contributed by atoms with Crippen LogP contribution in [0.2, 0.25) is 0 Å². The van der Waals surface area contributed by atoms with Crippen molar-refractivity contribution in [2.45, 2.75) is 5.60 Å². The number of rotatable bonds is 2. The number of carboxylic acids is 2. The van der Waals surface area contributed by atoms with Crippen LogP contribution in [0.4, 0.5) is 0 Å². The molecule has 0 amide bonds. The van der Waals surface area contributed by atoms with E-state index in [1.54, 1.807) is 0 Å². The van der Waals surface area contributed by atoms with Gasteiger partial charge in [0.15, 0.2) is 0 Å². The smallest absolute Gasteiger partial charge is 0.344 e. The van der Waals surface area contributed by atoms with E-state index in [0.717, 1.165) is 12.2 Å². The van der Waals surface area contributed by atoms with Gasteiger partial charge in [0, 0.05) is 6.08 Å². The molecule has 0 bridgehead atoms. The second-order valence-corrected chi connectivity index (χ2v) is 2.87. The first kappa shape index (κ1) is 10.3. The molecule has 2 unspecified atom stereocenters. The molecule has 0 spiro atoms. The summed E-state index contributed by atoms with van der Waals surface area (Å²) in [5.41, 5.74) is -2.32. The average Bonchev–Trinajstić information content (AvgIpc) is 2.02. The minimum absolute atomic E-state index is 0.591. The van der Waals surface area contributed by atoms with E-state index >= 15 is 0 Å². The van der Waals surface area contributed by atoms with Crippen LogP contribution in [0.1, 0.15) is 0 Å². The van der Waals surface area contributed by atoms with Crippen molar-refractivity contribution in [2.75, 3.05) is 0 Å². The van der Waals surface area contributed by atoms with Gasteiger partial charge < -0.3 is 20.4 Å². The van der Waals surface area contributed by atoms with Gasteiger partial charge in [-0.1, -0.05) is 6.08 Å². The molecule has 2 atom stereocenters. The van der Waals surface area contributed by atoms with Gasteiger partial charge in [0.2, 0.25) is 5.60 Å². The monoisotopic (exact) mass is 200 g/mol. The zero-order chi connectivity index (χ0) is 10.9. The fourth-order valence-corrected chi connectivity index (χ4v) is 1.05.